The van der Waals surface area contributed by atoms with E-state index in [4.69, 9.17) is 32.1 Å². The summed E-state index contributed by atoms with van der Waals surface area (Å²) in [4.78, 5) is 11.8. The molecule has 0 spiro atoms. The van der Waals surface area contributed by atoms with Crippen molar-refractivity contribution in [3.05, 3.63) is 59.1 Å². The Morgan fingerprint density at radius 1 is 1.09 bits per heavy atom. The minimum atomic E-state index is -1.36. The highest BCUT2D eigenvalue weighted by Crippen LogP contribution is 2.38. The van der Waals surface area contributed by atoms with E-state index in [1.807, 2.05) is 36.4 Å². The molecule has 1 aliphatic carbocycles. The molecule has 6 N–H and O–H groups in total. The number of nitrogens with one attached hydrogen (secondary N) is 1. The van der Waals surface area contributed by atoms with Crippen molar-refractivity contribution < 1.29 is 24.7 Å². The number of carbonyl (C=O) groups is 1. The van der Waals surface area contributed by atoms with E-state index in [0.717, 1.165) is 17.1 Å². The molecule has 0 heterocycles. The summed E-state index contributed by atoms with van der Waals surface area (Å²) in [6.45, 7) is 0.678. The quantitative estimate of drug-likeness (QED) is 0.243. The number of unbranched alkanes of at least 4 members (excludes halogenated alkanes) is 1. The number of hydrogen-bond acceptors (Lipinski definition) is 6. The van der Waals surface area contributed by atoms with Gasteiger partial charge in [0.25, 0.3) is 0 Å². The van der Waals surface area contributed by atoms with Crippen molar-refractivity contribution in [3.8, 4) is 11.5 Å². The van der Waals surface area contributed by atoms with Crippen LogP contribution in [0.4, 0.5) is 0 Å². The Balaban J connectivity index is 1.42. The number of carboxylic acid groups (broad SMARTS) is 1. The van der Waals surface area contributed by atoms with Gasteiger partial charge in [-0.25, -0.2) is 0 Å². The van der Waals surface area contributed by atoms with Gasteiger partial charge in [0.2, 0.25) is 0 Å². The maximum Gasteiger partial charge on any atom is 0.451 e. The Labute approximate surface area is 193 Å². The zero-order valence-electron chi connectivity index (χ0n) is 17.9. The second kappa shape index (κ2) is 11.2. The van der Waals surface area contributed by atoms with Crippen LogP contribution < -0.4 is 15.8 Å². The third kappa shape index (κ3) is 6.70. The molecular formula is C23H30BClN2O5. The van der Waals surface area contributed by atoms with Gasteiger partial charge in [-0.05, 0) is 73.5 Å². The Kier molecular flexibility index (Phi) is 8.56. The van der Waals surface area contributed by atoms with Crippen molar-refractivity contribution >= 4 is 24.7 Å². The van der Waals surface area contributed by atoms with Crippen molar-refractivity contribution in [1.82, 2.24) is 5.32 Å². The summed E-state index contributed by atoms with van der Waals surface area (Å²) in [5.41, 5.74) is 6.09. The monoisotopic (exact) mass is 460 g/mol. The predicted octanol–water partition coefficient (Wildman–Crippen LogP) is 3.43. The topological polar surface area (TPSA) is 125 Å². The molecule has 1 saturated carbocycles. The van der Waals surface area contributed by atoms with Crippen molar-refractivity contribution in [2.45, 2.75) is 56.5 Å². The molecule has 0 bridgehead atoms. The highest BCUT2D eigenvalue weighted by Gasteiger charge is 2.48. The van der Waals surface area contributed by atoms with Crippen LogP contribution in [0.1, 0.15) is 37.7 Å². The lowest BCUT2D eigenvalue weighted by Crippen LogP contribution is -2.61. The maximum atomic E-state index is 11.8. The fourth-order valence-electron chi connectivity index (χ4n) is 4.01. The minimum Gasteiger partial charge on any atom is -0.480 e. The molecule has 0 unspecified atom stereocenters. The van der Waals surface area contributed by atoms with E-state index in [-0.39, 0.29) is 18.3 Å². The van der Waals surface area contributed by atoms with Gasteiger partial charge in [0.15, 0.2) is 0 Å². The first-order valence-corrected chi connectivity index (χ1v) is 11.3. The van der Waals surface area contributed by atoms with Crippen LogP contribution in [0.15, 0.2) is 48.5 Å². The molecule has 0 saturated heterocycles. The lowest BCUT2D eigenvalue weighted by molar-refractivity contribution is -0.148. The summed E-state index contributed by atoms with van der Waals surface area (Å²) in [6.07, 6.45) is 3.08. The van der Waals surface area contributed by atoms with E-state index in [1.54, 1.807) is 12.1 Å². The minimum absolute atomic E-state index is 0.0910. The first-order chi connectivity index (χ1) is 15.3. The molecule has 3 rings (SSSR count). The Morgan fingerprint density at radius 3 is 2.25 bits per heavy atom. The number of halogens is 1. The van der Waals surface area contributed by atoms with E-state index < -0.39 is 18.6 Å². The molecule has 9 heteroatoms. The first kappa shape index (κ1) is 24.5. The maximum absolute atomic E-state index is 11.8. The summed E-state index contributed by atoms with van der Waals surface area (Å²) < 4.78 is 5.80. The van der Waals surface area contributed by atoms with Crippen LogP contribution >= 0.6 is 11.6 Å². The predicted molar refractivity (Wildman–Crippen MR) is 125 cm³/mol. The summed E-state index contributed by atoms with van der Waals surface area (Å²) in [6, 6.07) is 15.2. The number of ether oxygens (including phenoxy) is 1. The highest BCUT2D eigenvalue weighted by atomic mass is 35.5. The summed E-state index contributed by atoms with van der Waals surface area (Å²) >= 11 is 5.89. The fraction of sp³-hybridized carbons (Fsp3) is 0.435. The van der Waals surface area contributed by atoms with Crippen LogP contribution in [-0.2, 0) is 11.3 Å². The first-order valence-electron chi connectivity index (χ1n) is 10.9. The van der Waals surface area contributed by atoms with E-state index in [9.17, 15) is 9.90 Å². The normalized spacial score (nSPS) is 19.6. The van der Waals surface area contributed by atoms with Crippen LogP contribution in [0.2, 0.25) is 11.3 Å². The molecule has 1 atom stereocenters. The Bertz CT molecular complexity index is 875. The van der Waals surface area contributed by atoms with Crippen LogP contribution in [0.5, 0.6) is 11.5 Å². The van der Waals surface area contributed by atoms with Crippen molar-refractivity contribution in [2.75, 3.05) is 0 Å². The zero-order valence-corrected chi connectivity index (χ0v) is 18.7. The molecular weight excluding hydrogens is 431 g/mol. The van der Waals surface area contributed by atoms with Crippen LogP contribution in [0.3, 0.4) is 0 Å². The molecule has 2 aromatic rings. The lowest BCUT2D eigenvalue weighted by atomic mass is 9.66. The summed E-state index contributed by atoms with van der Waals surface area (Å²) in [5, 5.41) is 31.6. The van der Waals surface area contributed by atoms with Gasteiger partial charge in [-0.15, -0.1) is 0 Å². The van der Waals surface area contributed by atoms with Gasteiger partial charge >= 0.3 is 13.1 Å². The number of aliphatic carboxylic acids is 1. The number of hydrogen-bond donors (Lipinski definition) is 5. The third-order valence-electron chi connectivity index (χ3n) is 6.14. The molecule has 0 radical (unpaired) electrons. The van der Waals surface area contributed by atoms with E-state index >= 15 is 0 Å². The molecule has 1 aliphatic rings. The average molecular weight is 461 g/mol. The summed E-state index contributed by atoms with van der Waals surface area (Å²) in [5.74, 6) is 0.383. The standard InChI is InChI=1S/C23H30BClN2O5/c25-18-5-9-21(10-6-18)32-20-7-3-16(4-8-20)15-27-19-13-17(14-19)23(26,22(28)29)11-1-2-12-24(30)31/h3-10,17,19,27,30-31H,1-2,11-15,26H2,(H,28,29)/t17-,19-,23-/m0/s1. The molecule has 172 valence electrons. The molecule has 32 heavy (non-hydrogen) atoms. The molecule has 0 aliphatic heterocycles. The van der Waals surface area contributed by atoms with Gasteiger partial charge in [0, 0.05) is 17.6 Å². The molecule has 0 aromatic heterocycles. The van der Waals surface area contributed by atoms with Gasteiger partial charge in [-0.3, -0.25) is 4.79 Å². The third-order valence-corrected chi connectivity index (χ3v) is 6.39. The van der Waals surface area contributed by atoms with Gasteiger partial charge in [-0.2, -0.15) is 0 Å². The fourth-order valence-corrected chi connectivity index (χ4v) is 4.14. The van der Waals surface area contributed by atoms with Gasteiger partial charge in [0.05, 0.1) is 0 Å². The van der Waals surface area contributed by atoms with E-state index in [0.29, 0.717) is 43.7 Å². The number of carboxylic acids is 1. The second-order valence-electron chi connectivity index (χ2n) is 8.52. The van der Waals surface area contributed by atoms with Crippen molar-refractivity contribution in [1.29, 1.82) is 0 Å². The summed E-state index contributed by atoms with van der Waals surface area (Å²) in [7, 11) is -1.36. The smallest absolute Gasteiger partial charge is 0.451 e. The van der Waals surface area contributed by atoms with Crippen molar-refractivity contribution in [2.24, 2.45) is 11.7 Å². The lowest BCUT2D eigenvalue weighted by Gasteiger charge is -2.45. The van der Waals surface area contributed by atoms with Crippen LogP contribution in [0, 0.1) is 5.92 Å². The second-order valence-corrected chi connectivity index (χ2v) is 8.95. The van der Waals surface area contributed by atoms with Crippen molar-refractivity contribution in [3.63, 3.8) is 0 Å². The number of benzene rings is 2. The zero-order chi connectivity index (χ0) is 23.1. The largest absolute Gasteiger partial charge is 0.480 e. The highest BCUT2D eigenvalue weighted by molar-refractivity contribution is 6.40. The SMILES string of the molecule is N[C@](CCCCB(O)O)(C(=O)O)[C@H]1C[C@H](NCc2ccc(Oc3ccc(Cl)cc3)cc2)C1. The van der Waals surface area contributed by atoms with Crippen LogP contribution in [0.25, 0.3) is 0 Å². The van der Waals surface area contributed by atoms with E-state index in [1.165, 1.54) is 0 Å². The van der Waals surface area contributed by atoms with Gasteiger partial charge in [0.1, 0.15) is 17.0 Å². The molecule has 2 aromatic carbocycles. The van der Waals surface area contributed by atoms with Crippen LogP contribution in [-0.4, -0.2) is 39.8 Å². The number of rotatable bonds is 12. The average Bonchev–Trinajstić information content (AvgIpc) is 2.72. The van der Waals surface area contributed by atoms with Gasteiger partial charge < -0.3 is 30.9 Å². The Hall–Kier alpha value is -2.10. The molecule has 7 nitrogen and oxygen atoms in total. The Morgan fingerprint density at radius 2 is 1.69 bits per heavy atom. The van der Waals surface area contributed by atoms with E-state index in [2.05, 4.69) is 5.32 Å². The number of nitrogens with two attached hydrogens (primary N) is 1. The van der Waals surface area contributed by atoms with Gasteiger partial charge in [-0.1, -0.05) is 36.6 Å². The molecule has 1 fully saturated rings. The molecule has 0 amide bonds.